The lowest BCUT2D eigenvalue weighted by Crippen LogP contribution is -2.15. The van der Waals surface area contributed by atoms with Gasteiger partial charge >= 0.3 is 5.97 Å². The molecule has 2 rings (SSSR count). The molecule has 0 saturated carbocycles. The molecule has 0 saturated heterocycles. The van der Waals surface area contributed by atoms with Crippen molar-refractivity contribution in [3.8, 4) is 0 Å². The zero-order chi connectivity index (χ0) is 13.8. The Morgan fingerprint density at radius 3 is 2.74 bits per heavy atom. The van der Waals surface area contributed by atoms with E-state index in [1.54, 1.807) is 18.3 Å². The maximum atomic E-state index is 11.5. The van der Waals surface area contributed by atoms with Crippen molar-refractivity contribution in [3.63, 3.8) is 0 Å². The summed E-state index contributed by atoms with van der Waals surface area (Å²) in [4.78, 5) is 15.4. The van der Waals surface area contributed by atoms with Crippen LogP contribution in [0.3, 0.4) is 0 Å². The summed E-state index contributed by atoms with van der Waals surface area (Å²) in [5.41, 5.74) is 1.52. The quantitative estimate of drug-likeness (QED) is 0.918. The van der Waals surface area contributed by atoms with Crippen molar-refractivity contribution in [1.29, 1.82) is 0 Å². The van der Waals surface area contributed by atoms with E-state index in [4.69, 9.17) is 11.6 Å². The molecule has 1 N–H and O–H groups in total. The first-order chi connectivity index (χ1) is 9.09. The predicted octanol–water partition coefficient (Wildman–Crippen LogP) is 3.91. The average molecular weight is 341 g/mol. The number of carbonyl (C=O) groups is 1. The van der Waals surface area contributed by atoms with E-state index in [0.29, 0.717) is 11.4 Å². The van der Waals surface area contributed by atoms with E-state index in [9.17, 15) is 9.90 Å². The molecule has 0 aliphatic carbocycles. The Labute approximate surface area is 124 Å². The molecule has 1 unspecified atom stereocenters. The van der Waals surface area contributed by atoms with Gasteiger partial charge in [-0.2, -0.15) is 0 Å². The third kappa shape index (κ3) is 3.33. The van der Waals surface area contributed by atoms with Gasteiger partial charge < -0.3 is 5.11 Å². The zero-order valence-electron chi connectivity index (χ0n) is 9.88. The number of hydrogen-bond donors (Lipinski definition) is 1. The Bertz CT molecular complexity index is 604. The van der Waals surface area contributed by atoms with E-state index in [-0.39, 0.29) is 0 Å². The minimum Gasteiger partial charge on any atom is -0.481 e. The molecule has 2 aromatic rings. The number of nitrogens with zero attached hydrogens (tertiary/aromatic N) is 1. The van der Waals surface area contributed by atoms with Gasteiger partial charge in [0.1, 0.15) is 0 Å². The van der Waals surface area contributed by atoms with Crippen molar-refractivity contribution in [3.05, 3.63) is 63.3 Å². The van der Waals surface area contributed by atoms with Gasteiger partial charge in [-0.15, -0.1) is 0 Å². The highest BCUT2D eigenvalue weighted by Crippen LogP contribution is 2.29. The van der Waals surface area contributed by atoms with Crippen LogP contribution >= 0.6 is 27.5 Å². The van der Waals surface area contributed by atoms with E-state index in [0.717, 1.165) is 15.6 Å². The Balaban J connectivity index is 2.35. The van der Waals surface area contributed by atoms with E-state index < -0.39 is 11.9 Å². The Morgan fingerprint density at radius 1 is 1.37 bits per heavy atom. The molecule has 1 aromatic heterocycles. The van der Waals surface area contributed by atoms with Crippen LogP contribution < -0.4 is 0 Å². The zero-order valence-corrected chi connectivity index (χ0v) is 12.2. The van der Waals surface area contributed by atoms with Gasteiger partial charge in [0.25, 0.3) is 0 Å². The van der Waals surface area contributed by atoms with Gasteiger partial charge in [-0.1, -0.05) is 45.7 Å². The van der Waals surface area contributed by atoms with E-state index in [1.807, 2.05) is 18.2 Å². The number of aromatic nitrogens is 1. The molecule has 1 heterocycles. The largest absolute Gasteiger partial charge is 0.481 e. The second-order valence-corrected chi connectivity index (χ2v) is 5.35. The van der Waals surface area contributed by atoms with Crippen molar-refractivity contribution < 1.29 is 9.90 Å². The second-order valence-electron chi connectivity index (χ2n) is 4.08. The van der Waals surface area contributed by atoms with Gasteiger partial charge in [0, 0.05) is 16.9 Å². The summed E-state index contributed by atoms with van der Waals surface area (Å²) in [6.45, 7) is 0. The number of rotatable bonds is 4. The highest BCUT2D eigenvalue weighted by molar-refractivity contribution is 9.10. The lowest BCUT2D eigenvalue weighted by molar-refractivity contribution is -0.138. The predicted molar refractivity (Wildman–Crippen MR) is 77.5 cm³/mol. The maximum Gasteiger partial charge on any atom is 0.311 e. The van der Waals surface area contributed by atoms with E-state index >= 15 is 0 Å². The van der Waals surface area contributed by atoms with Crippen molar-refractivity contribution >= 4 is 33.5 Å². The first-order valence-electron chi connectivity index (χ1n) is 5.65. The highest BCUT2D eigenvalue weighted by Gasteiger charge is 2.23. The van der Waals surface area contributed by atoms with Crippen LogP contribution in [0.5, 0.6) is 0 Å². The fourth-order valence-electron chi connectivity index (χ4n) is 1.88. The first kappa shape index (κ1) is 14.0. The molecular weight excluding hydrogens is 330 g/mol. The lowest BCUT2D eigenvalue weighted by atomic mass is 9.92. The molecule has 0 aliphatic rings. The standard InChI is InChI=1S/C14H11BrClNO2/c15-12-4-2-1-3-10(12)11(14(18)19)7-9-5-6-17-8-13(9)16/h1-6,8,11H,7H2,(H,18,19). The van der Waals surface area contributed by atoms with Crippen LogP contribution in [-0.2, 0) is 11.2 Å². The van der Waals surface area contributed by atoms with Crippen LogP contribution in [0.4, 0.5) is 0 Å². The summed E-state index contributed by atoms with van der Waals surface area (Å²) in [5, 5.41) is 9.91. The third-order valence-electron chi connectivity index (χ3n) is 2.86. The molecule has 0 radical (unpaired) electrons. The van der Waals surface area contributed by atoms with Crippen molar-refractivity contribution in [2.75, 3.05) is 0 Å². The van der Waals surface area contributed by atoms with Gasteiger partial charge in [0.05, 0.1) is 10.9 Å². The molecule has 19 heavy (non-hydrogen) atoms. The lowest BCUT2D eigenvalue weighted by Gasteiger charge is -2.15. The second kappa shape index (κ2) is 6.17. The Kier molecular flexibility index (Phi) is 4.56. The summed E-state index contributed by atoms with van der Waals surface area (Å²) in [5.74, 6) is -1.52. The minimum absolute atomic E-state index is 0.333. The first-order valence-corrected chi connectivity index (χ1v) is 6.82. The number of carboxylic acids is 1. The SMILES string of the molecule is O=C(O)C(Cc1ccncc1Cl)c1ccccc1Br. The summed E-state index contributed by atoms with van der Waals surface area (Å²) in [7, 11) is 0. The Morgan fingerprint density at radius 2 is 2.11 bits per heavy atom. The summed E-state index contributed by atoms with van der Waals surface area (Å²) < 4.78 is 0.785. The van der Waals surface area contributed by atoms with E-state index in [1.165, 1.54) is 6.20 Å². The number of hydrogen-bond acceptors (Lipinski definition) is 2. The van der Waals surface area contributed by atoms with Crippen molar-refractivity contribution in [2.45, 2.75) is 12.3 Å². The van der Waals surface area contributed by atoms with Crippen LogP contribution in [0.15, 0.2) is 47.2 Å². The minimum atomic E-state index is -0.875. The third-order valence-corrected chi connectivity index (χ3v) is 3.92. The van der Waals surface area contributed by atoms with Crippen LogP contribution in [0, 0.1) is 0 Å². The Hall–Kier alpha value is -1.39. The summed E-state index contributed by atoms with van der Waals surface area (Å²) >= 11 is 9.42. The van der Waals surface area contributed by atoms with Gasteiger partial charge in [-0.05, 0) is 29.7 Å². The molecule has 0 amide bonds. The van der Waals surface area contributed by atoms with Crippen LogP contribution in [0.25, 0.3) is 0 Å². The van der Waals surface area contributed by atoms with Gasteiger partial charge in [0.2, 0.25) is 0 Å². The number of halogens is 2. The number of pyridine rings is 1. The van der Waals surface area contributed by atoms with Crippen LogP contribution in [0.1, 0.15) is 17.0 Å². The normalized spacial score (nSPS) is 12.1. The number of aliphatic carboxylic acids is 1. The molecule has 0 spiro atoms. The molecule has 98 valence electrons. The van der Waals surface area contributed by atoms with Crippen LogP contribution in [0.2, 0.25) is 5.02 Å². The molecule has 5 heteroatoms. The molecule has 1 aromatic carbocycles. The van der Waals surface area contributed by atoms with Crippen LogP contribution in [-0.4, -0.2) is 16.1 Å². The fourth-order valence-corrected chi connectivity index (χ4v) is 2.64. The molecule has 0 aliphatic heterocycles. The monoisotopic (exact) mass is 339 g/mol. The van der Waals surface area contributed by atoms with Gasteiger partial charge in [-0.3, -0.25) is 9.78 Å². The molecule has 0 fully saturated rings. The maximum absolute atomic E-state index is 11.5. The molecule has 0 bridgehead atoms. The average Bonchev–Trinajstić information content (AvgIpc) is 2.38. The molecule has 3 nitrogen and oxygen atoms in total. The highest BCUT2D eigenvalue weighted by atomic mass is 79.9. The molecule has 1 atom stereocenters. The van der Waals surface area contributed by atoms with Crippen molar-refractivity contribution in [2.24, 2.45) is 0 Å². The number of benzene rings is 1. The van der Waals surface area contributed by atoms with Gasteiger partial charge in [0.15, 0.2) is 0 Å². The fraction of sp³-hybridized carbons (Fsp3) is 0.143. The number of carboxylic acid groups (broad SMARTS) is 1. The molecular formula is C14H11BrClNO2. The summed E-state index contributed by atoms with van der Waals surface area (Å²) in [6, 6.07) is 9.06. The van der Waals surface area contributed by atoms with Gasteiger partial charge in [-0.25, -0.2) is 0 Å². The smallest absolute Gasteiger partial charge is 0.311 e. The van der Waals surface area contributed by atoms with Crippen molar-refractivity contribution in [1.82, 2.24) is 4.98 Å². The van der Waals surface area contributed by atoms with E-state index in [2.05, 4.69) is 20.9 Å². The topological polar surface area (TPSA) is 50.2 Å². The summed E-state index contributed by atoms with van der Waals surface area (Å²) in [6.07, 6.45) is 3.47.